The number of hydrogen-bond acceptors (Lipinski definition) is 2. The summed E-state index contributed by atoms with van der Waals surface area (Å²) in [6, 6.07) is 8.09. The Kier molecular flexibility index (Phi) is 6.53. The zero-order chi connectivity index (χ0) is 13.0. The van der Waals surface area contributed by atoms with E-state index in [1.165, 1.54) is 18.4 Å². The van der Waals surface area contributed by atoms with Crippen LogP contribution in [0.25, 0.3) is 0 Å². The number of hydrogen-bond donors (Lipinski definition) is 0. The molecule has 1 saturated heterocycles. The van der Waals surface area contributed by atoms with Crippen LogP contribution < -0.4 is 12.4 Å². The Morgan fingerprint density at radius 2 is 1.84 bits per heavy atom. The molecule has 1 fully saturated rings. The Morgan fingerprint density at radius 3 is 2.37 bits per heavy atom. The summed E-state index contributed by atoms with van der Waals surface area (Å²) in [5.41, 5.74) is 2.07. The summed E-state index contributed by atoms with van der Waals surface area (Å²) in [5.74, 6) is 0.304. The highest BCUT2D eigenvalue weighted by atomic mass is 35.5. The number of nitrogens with zero attached hydrogens (tertiary/aromatic N) is 1. The molecule has 0 radical (unpaired) electrons. The second kappa shape index (κ2) is 7.66. The topological polar surface area (TPSA) is 20.3 Å². The zero-order valence-corrected chi connectivity index (χ0v) is 12.6. The Morgan fingerprint density at radius 1 is 1.26 bits per heavy atom. The standard InChI is InChI=1S/C16H23NO.ClH/c1-3-6-15(17-11-4-5-12-17)16(18)14-9-7-13(2)8-10-14;/h7-10,15H,3-6,11-12H2,1-2H3;1H. The summed E-state index contributed by atoms with van der Waals surface area (Å²) in [6.07, 6.45) is 4.52. The molecule has 3 heteroatoms. The molecule has 0 amide bonds. The van der Waals surface area contributed by atoms with Gasteiger partial charge in [0.15, 0.2) is 5.78 Å². The lowest BCUT2D eigenvalue weighted by atomic mass is 9.98. The summed E-state index contributed by atoms with van der Waals surface area (Å²) in [5, 5.41) is 0. The molecule has 0 aliphatic carbocycles. The van der Waals surface area contributed by atoms with Gasteiger partial charge < -0.3 is 12.4 Å². The van der Waals surface area contributed by atoms with Gasteiger partial charge in [-0.25, -0.2) is 0 Å². The molecule has 19 heavy (non-hydrogen) atoms. The van der Waals surface area contributed by atoms with Gasteiger partial charge in [0, 0.05) is 5.56 Å². The predicted molar refractivity (Wildman–Crippen MR) is 76.1 cm³/mol. The fraction of sp³-hybridized carbons (Fsp3) is 0.562. The van der Waals surface area contributed by atoms with Crippen LogP contribution in [0, 0.1) is 6.92 Å². The fourth-order valence-corrected chi connectivity index (χ4v) is 2.72. The normalized spacial score (nSPS) is 16.9. The number of aryl methyl sites for hydroxylation is 1. The second-order valence-electron chi connectivity index (χ2n) is 5.28. The second-order valence-corrected chi connectivity index (χ2v) is 5.28. The molecular formula is C16H24ClNO. The van der Waals surface area contributed by atoms with Crippen molar-refractivity contribution in [2.45, 2.75) is 45.6 Å². The van der Waals surface area contributed by atoms with Crippen molar-refractivity contribution >= 4 is 5.78 Å². The van der Waals surface area contributed by atoms with E-state index in [0.29, 0.717) is 5.78 Å². The van der Waals surface area contributed by atoms with Crippen LogP contribution in [0.3, 0.4) is 0 Å². The minimum absolute atomic E-state index is 0. The van der Waals surface area contributed by atoms with Crippen LogP contribution in [-0.2, 0) is 0 Å². The van der Waals surface area contributed by atoms with E-state index in [1.54, 1.807) is 0 Å². The summed E-state index contributed by atoms with van der Waals surface area (Å²) in [7, 11) is 0. The minimum Gasteiger partial charge on any atom is -1.00 e. The van der Waals surface area contributed by atoms with Gasteiger partial charge in [0.05, 0.1) is 6.04 Å². The molecule has 1 aromatic carbocycles. The van der Waals surface area contributed by atoms with E-state index >= 15 is 0 Å². The molecule has 0 saturated carbocycles. The van der Waals surface area contributed by atoms with Gasteiger partial charge in [0.25, 0.3) is 0 Å². The number of halogens is 1. The van der Waals surface area contributed by atoms with Gasteiger partial charge in [-0.3, -0.25) is 9.69 Å². The van der Waals surface area contributed by atoms with Crippen molar-refractivity contribution in [2.75, 3.05) is 13.1 Å². The molecule has 0 bridgehead atoms. The number of rotatable bonds is 5. The Bertz CT molecular complexity index is 401. The van der Waals surface area contributed by atoms with Crippen LogP contribution in [0.4, 0.5) is 0 Å². The molecule has 0 aromatic heterocycles. The summed E-state index contributed by atoms with van der Waals surface area (Å²) >= 11 is 0. The van der Waals surface area contributed by atoms with Crippen LogP contribution in [0.1, 0.15) is 50.0 Å². The van der Waals surface area contributed by atoms with Crippen LogP contribution in [0.15, 0.2) is 24.3 Å². The molecule has 1 aliphatic rings. The van der Waals surface area contributed by atoms with Gasteiger partial charge in [-0.1, -0.05) is 43.2 Å². The lowest BCUT2D eigenvalue weighted by Gasteiger charge is -2.26. The van der Waals surface area contributed by atoms with E-state index in [1.807, 2.05) is 24.3 Å². The van der Waals surface area contributed by atoms with Crippen molar-refractivity contribution in [3.8, 4) is 0 Å². The monoisotopic (exact) mass is 281 g/mol. The number of carbonyl (C=O) groups is 1. The molecule has 1 heterocycles. The first kappa shape index (κ1) is 16.2. The van der Waals surface area contributed by atoms with Gasteiger partial charge in [0.2, 0.25) is 0 Å². The van der Waals surface area contributed by atoms with Crippen molar-refractivity contribution in [2.24, 2.45) is 0 Å². The average molecular weight is 282 g/mol. The Hall–Kier alpha value is -0.860. The van der Waals surface area contributed by atoms with E-state index in [-0.39, 0.29) is 19.9 Å². The fourth-order valence-electron chi connectivity index (χ4n) is 2.72. The van der Waals surface area contributed by atoms with Gasteiger partial charge >= 0.3 is 1.43 Å². The predicted octanol–water partition coefficient (Wildman–Crippen LogP) is 0.559. The number of Topliss-reactive ketones (excluding diaryl/α,β-unsaturated/α-hetero) is 1. The largest absolute Gasteiger partial charge is 1.00 e. The highest BCUT2D eigenvalue weighted by Gasteiger charge is 2.27. The smallest absolute Gasteiger partial charge is 1.00 e. The van der Waals surface area contributed by atoms with Gasteiger partial charge in [-0.15, -0.1) is 0 Å². The Balaban J connectivity index is 0.00000180. The molecule has 1 unspecified atom stereocenters. The van der Waals surface area contributed by atoms with Gasteiger partial charge in [-0.2, -0.15) is 0 Å². The molecule has 106 valence electrons. The van der Waals surface area contributed by atoms with Gasteiger partial charge in [0.1, 0.15) is 0 Å². The molecular weight excluding hydrogens is 258 g/mol. The van der Waals surface area contributed by atoms with E-state index in [0.717, 1.165) is 31.5 Å². The lowest BCUT2D eigenvalue weighted by Crippen LogP contribution is -3.00. The third-order valence-electron chi connectivity index (χ3n) is 3.78. The van der Waals surface area contributed by atoms with Crippen molar-refractivity contribution in [1.29, 1.82) is 0 Å². The van der Waals surface area contributed by atoms with E-state index in [4.69, 9.17) is 0 Å². The third kappa shape index (κ3) is 4.05. The molecule has 1 atom stereocenters. The zero-order valence-electron chi connectivity index (χ0n) is 12.9. The van der Waals surface area contributed by atoms with Crippen molar-refractivity contribution in [3.63, 3.8) is 0 Å². The van der Waals surface area contributed by atoms with Crippen molar-refractivity contribution in [3.05, 3.63) is 35.4 Å². The van der Waals surface area contributed by atoms with Crippen molar-refractivity contribution in [1.82, 2.24) is 4.90 Å². The first-order valence-electron chi connectivity index (χ1n) is 7.07. The number of benzene rings is 1. The first-order chi connectivity index (χ1) is 8.72. The van der Waals surface area contributed by atoms with Crippen LogP contribution >= 0.6 is 0 Å². The highest BCUT2D eigenvalue weighted by Crippen LogP contribution is 2.19. The van der Waals surface area contributed by atoms with E-state index in [9.17, 15) is 4.79 Å². The molecule has 2 rings (SSSR count). The quantitative estimate of drug-likeness (QED) is 0.735. The summed E-state index contributed by atoms with van der Waals surface area (Å²) in [4.78, 5) is 15.0. The summed E-state index contributed by atoms with van der Waals surface area (Å²) in [6.45, 7) is 6.38. The maximum atomic E-state index is 12.6. The van der Waals surface area contributed by atoms with Crippen LogP contribution in [0.2, 0.25) is 0 Å². The number of ketones is 1. The Labute approximate surface area is 124 Å². The molecule has 0 N–H and O–H groups in total. The summed E-state index contributed by atoms with van der Waals surface area (Å²) < 4.78 is 0. The number of likely N-dealkylation sites (tertiary alicyclic amines) is 1. The maximum Gasteiger partial charge on any atom is 1.00 e. The van der Waals surface area contributed by atoms with E-state index < -0.39 is 0 Å². The molecule has 0 spiro atoms. The third-order valence-corrected chi connectivity index (χ3v) is 3.78. The van der Waals surface area contributed by atoms with Crippen LogP contribution in [0.5, 0.6) is 0 Å². The highest BCUT2D eigenvalue weighted by molar-refractivity contribution is 6.00. The average Bonchev–Trinajstić information content (AvgIpc) is 2.90. The molecule has 1 aromatic rings. The van der Waals surface area contributed by atoms with E-state index in [2.05, 4.69) is 18.7 Å². The SMILES string of the molecule is CCCC(C(=O)c1ccc(C)cc1)N1CCCC1.[Cl-].[H+]. The first-order valence-corrected chi connectivity index (χ1v) is 7.07. The molecule has 1 aliphatic heterocycles. The van der Waals surface area contributed by atoms with Gasteiger partial charge in [-0.05, 0) is 39.3 Å². The lowest BCUT2D eigenvalue weighted by molar-refractivity contribution is -0.0000120. The van der Waals surface area contributed by atoms with Crippen LogP contribution in [-0.4, -0.2) is 29.8 Å². The minimum atomic E-state index is 0. The maximum absolute atomic E-state index is 12.6. The van der Waals surface area contributed by atoms with Crippen molar-refractivity contribution < 1.29 is 18.6 Å². The molecule has 2 nitrogen and oxygen atoms in total. The number of carbonyl (C=O) groups excluding carboxylic acids is 1.